The van der Waals surface area contributed by atoms with Crippen molar-refractivity contribution >= 4 is 17.8 Å². The molecule has 0 aromatic rings. The maximum atomic E-state index is 11.8. The molecule has 18 heavy (non-hydrogen) atoms. The van der Waals surface area contributed by atoms with Crippen LogP contribution in [0.4, 0.5) is 0 Å². The minimum Gasteiger partial charge on any atom is -0.480 e. The molecule has 0 aliphatic carbocycles. The monoisotopic (exact) mass is 257 g/mol. The number of hydrogen-bond donors (Lipinski definition) is 3. The smallest absolute Gasteiger partial charge is 0.320 e. The van der Waals surface area contributed by atoms with Crippen molar-refractivity contribution in [2.75, 3.05) is 19.6 Å². The van der Waals surface area contributed by atoms with Gasteiger partial charge in [0.15, 0.2) is 0 Å². The number of carbonyl (C=O) groups is 3. The second-order valence-electron chi connectivity index (χ2n) is 4.52. The van der Waals surface area contributed by atoms with Crippen LogP contribution in [-0.2, 0) is 14.4 Å². The summed E-state index contributed by atoms with van der Waals surface area (Å²) in [7, 11) is 0. The molecule has 7 nitrogen and oxygen atoms in total. The number of nitrogens with one attached hydrogen (secondary N) is 1. The molecule has 2 unspecified atom stereocenters. The van der Waals surface area contributed by atoms with Crippen molar-refractivity contribution in [3.63, 3.8) is 0 Å². The van der Waals surface area contributed by atoms with Crippen molar-refractivity contribution in [2.45, 2.75) is 25.8 Å². The van der Waals surface area contributed by atoms with E-state index in [1.165, 1.54) is 6.92 Å². The number of carbonyl (C=O) groups excluding carboxylic acids is 2. The highest BCUT2D eigenvalue weighted by Gasteiger charge is 2.27. The average molecular weight is 257 g/mol. The van der Waals surface area contributed by atoms with Crippen molar-refractivity contribution in [3.8, 4) is 0 Å². The van der Waals surface area contributed by atoms with E-state index in [0.717, 1.165) is 6.42 Å². The van der Waals surface area contributed by atoms with E-state index in [-0.39, 0.29) is 24.3 Å². The molecule has 1 aliphatic heterocycles. The van der Waals surface area contributed by atoms with Crippen LogP contribution in [0.25, 0.3) is 0 Å². The van der Waals surface area contributed by atoms with E-state index in [1.54, 1.807) is 4.90 Å². The highest BCUT2D eigenvalue weighted by atomic mass is 16.4. The van der Waals surface area contributed by atoms with E-state index >= 15 is 0 Å². The minimum absolute atomic E-state index is 0.0427. The number of primary amides is 1. The lowest BCUT2D eigenvalue weighted by Crippen LogP contribution is -2.48. The molecule has 2 amide bonds. The second kappa shape index (κ2) is 6.34. The number of hydrogen-bond acceptors (Lipinski definition) is 4. The van der Waals surface area contributed by atoms with Gasteiger partial charge in [-0.25, -0.2) is 0 Å². The Morgan fingerprint density at radius 3 is 2.72 bits per heavy atom. The topological polar surface area (TPSA) is 113 Å². The minimum atomic E-state index is -1.00. The molecule has 0 saturated carbocycles. The van der Waals surface area contributed by atoms with Crippen molar-refractivity contribution < 1.29 is 19.5 Å². The summed E-state index contributed by atoms with van der Waals surface area (Å²) in [6.07, 6.45) is 1.45. The fraction of sp³-hybridized carbons (Fsp3) is 0.727. The summed E-state index contributed by atoms with van der Waals surface area (Å²) in [5.74, 6) is -1.88. The van der Waals surface area contributed by atoms with Crippen LogP contribution in [0.5, 0.6) is 0 Å². The standard InChI is InChI=1S/C11H19N3O4/c1-7(11(17)18)13-5-9(15)14-4-2-3-8(6-14)10(12)16/h7-8,13H,2-6H2,1H3,(H2,12,16)(H,17,18). The van der Waals surface area contributed by atoms with Gasteiger partial charge in [0.05, 0.1) is 12.5 Å². The summed E-state index contributed by atoms with van der Waals surface area (Å²) in [5.41, 5.74) is 5.22. The lowest BCUT2D eigenvalue weighted by molar-refractivity contribution is -0.139. The van der Waals surface area contributed by atoms with Gasteiger partial charge in [0.1, 0.15) is 6.04 Å². The SMILES string of the molecule is CC(NCC(=O)N1CCCC(C(N)=O)C1)C(=O)O. The Morgan fingerprint density at radius 1 is 1.50 bits per heavy atom. The zero-order chi connectivity index (χ0) is 13.7. The fourth-order valence-electron chi connectivity index (χ4n) is 1.88. The van der Waals surface area contributed by atoms with E-state index < -0.39 is 12.0 Å². The summed E-state index contributed by atoms with van der Waals surface area (Å²) >= 11 is 0. The van der Waals surface area contributed by atoms with Crippen LogP contribution in [-0.4, -0.2) is 53.5 Å². The molecule has 7 heteroatoms. The maximum Gasteiger partial charge on any atom is 0.320 e. The molecule has 2 atom stereocenters. The molecular formula is C11H19N3O4. The van der Waals surface area contributed by atoms with Crippen molar-refractivity contribution in [3.05, 3.63) is 0 Å². The Kier molecular flexibility index (Phi) is 5.08. The molecule has 0 radical (unpaired) electrons. The summed E-state index contributed by atoms with van der Waals surface area (Å²) in [4.78, 5) is 35.0. The lowest BCUT2D eigenvalue weighted by Gasteiger charge is -2.31. The van der Waals surface area contributed by atoms with Crippen LogP contribution in [0, 0.1) is 5.92 Å². The Morgan fingerprint density at radius 2 is 2.17 bits per heavy atom. The molecule has 1 rings (SSSR count). The van der Waals surface area contributed by atoms with Crippen LogP contribution in [0.3, 0.4) is 0 Å². The van der Waals surface area contributed by atoms with Gasteiger partial charge in [-0.3, -0.25) is 19.7 Å². The molecule has 102 valence electrons. The van der Waals surface area contributed by atoms with Crippen molar-refractivity contribution in [1.82, 2.24) is 10.2 Å². The number of aliphatic carboxylic acids is 1. The van der Waals surface area contributed by atoms with E-state index in [0.29, 0.717) is 19.5 Å². The van der Waals surface area contributed by atoms with Gasteiger partial charge in [-0.2, -0.15) is 0 Å². The number of rotatable bonds is 5. The zero-order valence-electron chi connectivity index (χ0n) is 10.4. The average Bonchev–Trinajstić information content (AvgIpc) is 2.35. The molecule has 4 N–H and O–H groups in total. The van der Waals surface area contributed by atoms with Gasteiger partial charge in [0.2, 0.25) is 11.8 Å². The normalized spacial score (nSPS) is 21.4. The lowest BCUT2D eigenvalue weighted by atomic mass is 9.97. The van der Waals surface area contributed by atoms with Crippen LogP contribution in [0.1, 0.15) is 19.8 Å². The second-order valence-corrected chi connectivity index (χ2v) is 4.52. The van der Waals surface area contributed by atoms with E-state index in [9.17, 15) is 14.4 Å². The Hall–Kier alpha value is -1.63. The summed E-state index contributed by atoms with van der Waals surface area (Å²) in [6, 6.07) is -0.773. The number of carboxylic acid groups (broad SMARTS) is 1. The molecule has 0 aromatic heterocycles. The van der Waals surface area contributed by atoms with Gasteiger partial charge in [0.25, 0.3) is 0 Å². The van der Waals surface area contributed by atoms with Gasteiger partial charge < -0.3 is 15.7 Å². The Bertz CT molecular complexity index is 345. The highest BCUT2D eigenvalue weighted by molar-refractivity contribution is 5.82. The first-order valence-electron chi connectivity index (χ1n) is 5.95. The molecular weight excluding hydrogens is 238 g/mol. The summed E-state index contributed by atoms with van der Waals surface area (Å²) < 4.78 is 0. The van der Waals surface area contributed by atoms with Crippen LogP contribution < -0.4 is 11.1 Å². The van der Waals surface area contributed by atoms with Crippen LogP contribution in [0.15, 0.2) is 0 Å². The highest BCUT2D eigenvalue weighted by Crippen LogP contribution is 2.15. The predicted molar refractivity (Wildman–Crippen MR) is 63.6 cm³/mol. The van der Waals surface area contributed by atoms with Gasteiger partial charge in [-0.1, -0.05) is 0 Å². The van der Waals surface area contributed by atoms with Crippen molar-refractivity contribution in [2.24, 2.45) is 11.7 Å². The van der Waals surface area contributed by atoms with E-state index in [1.807, 2.05) is 0 Å². The van der Waals surface area contributed by atoms with Crippen molar-refractivity contribution in [1.29, 1.82) is 0 Å². The summed E-state index contributed by atoms with van der Waals surface area (Å²) in [5, 5.41) is 11.3. The number of nitrogens with two attached hydrogens (primary N) is 1. The Balaban J connectivity index is 2.42. The van der Waals surface area contributed by atoms with Gasteiger partial charge >= 0.3 is 5.97 Å². The number of nitrogens with zero attached hydrogens (tertiary/aromatic N) is 1. The third-order valence-corrected chi connectivity index (χ3v) is 3.11. The molecule has 0 spiro atoms. The first kappa shape index (κ1) is 14.4. The maximum absolute atomic E-state index is 11.8. The predicted octanol–water partition coefficient (Wildman–Crippen LogP) is -1.23. The first-order chi connectivity index (χ1) is 8.41. The summed E-state index contributed by atoms with van der Waals surface area (Å²) in [6.45, 7) is 2.35. The van der Waals surface area contributed by atoms with Gasteiger partial charge in [-0.05, 0) is 19.8 Å². The third-order valence-electron chi connectivity index (χ3n) is 3.11. The van der Waals surface area contributed by atoms with Gasteiger partial charge in [-0.15, -0.1) is 0 Å². The molecule has 1 saturated heterocycles. The van der Waals surface area contributed by atoms with Crippen LogP contribution in [0.2, 0.25) is 0 Å². The third kappa shape index (κ3) is 3.99. The quantitative estimate of drug-likeness (QED) is 0.571. The molecule has 0 bridgehead atoms. The zero-order valence-corrected chi connectivity index (χ0v) is 10.4. The number of likely N-dealkylation sites (tertiary alicyclic amines) is 1. The Labute approximate surface area is 105 Å². The molecule has 0 aromatic carbocycles. The largest absolute Gasteiger partial charge is 0.480 e. The number of piperidine rings is 1. The van der Waals surface area contributed by atoms with Gasteiger partial charge in [0, 0.05) is 13.1 Å². The number of carboxylic acids is 1. The molecule has 1 aliphatic rings. The number of amides is 2. The van der Waals surface area contributed by atoms with E-state index in [4.69, 9.17) is 10.8 Å². The van der Waals surface area contributed by atoms with Crippen LogP contribution >= 0.6 is 0 Å². The molecule has 1 heterocycles. The first-order valence-corrected chi connectivity index (χ1v) is 5.95. The van der Waals surface area contributed by atoms with E-state index in [2.05, 4.69) is 5.32 Å². The fourth-order valence-corrected chi connectivity index (χ4v) is 1.88. The molecule has 1 fully saturated rings.